The van der Waals surface area contributed by atoms with E-state index in [-0.39, 0.29) is 5.56 Å². The van der Waals surface area contributed by atoms with Gasteiger partial charge in [0.1, 0.15) is 11.3 Å². The molecule has 7 heteroatoms. The number of carbonyl (C=O) groups excluding carboxylic acids is 2. The maximum Gasteiger partial charge on any atom is 0.344 e. The molecule has 0 atom stereocenters. The van der Waals surface area contributed by atoms with Gasteiger partial charge in [0.15, 0.2) is 6.61 Å². The maximum absolute atomic E-state index is 11.9. The molecule has 0 saturated heterocycles. The van der Waals surface area contributed by atoms with E-state index < -0.39 is 18.5 Å². The van der Waals surface area contributed by atoms with Crippen LogP contribution in [0.25, 0.3) is 0 Å². The van der Waals surface area contributed by atoms with Crippen LogP contribution in [-0.4, -0.2) is 23.6 Å². The van der Waals surface area contributed by atoms with Gasteiger partial charge in [0.2, 0.25) is 0 Å². The second kappa shape index (κ2) is 7.22. The number of hydrogen-bond acceptors (Lipinski definition) is 6. The molecule has 0 spiro atoms. The van der Waals surface area contributed by atoms with E-state index in [1.165, 1.54) is 0 Å². The Morgan fingerprint density at radius 2 is 2.00 bits per heavy atom. The van der Waals surface area contributed by atoms with E-state index in [4.69, 9.17) is 14.5 Å². The molecular formula is C16H15N3O4. The first-order valence-electron chi connectivity index (χ1n) is 6.87. The van der Waals surface area contributed by atoms with Gasteiger partial charge in [-0.3, -0.25) is 4.79 Å². The molecule has 7 nitrogen and oxygen atoms in total. The molecule has 0 saturated carbocycles. The van der Waals surface area contributed by atoms with Gasteiger partial charge in [-0.25, -0.2) is 4.79 Å². The maximum atomic E-state index is 11.9. The van der Waals surface area contributed by atoms with Crippen molar-refractivity contribution in [3.05, 3.63) is 46.8 Å². The van der Waals surface area contributed by atoms with Gasteiger partial charge in [-0.1, -0.05) is 17.3 Å². The highest BCUT2D eigenvalue weighted by molar-refractivity contribution is 5.96. The first kappa shape index (κ1) is 16.2. The fraction of sp³-hybridized carbons (Fsp3) is 0.250. The van der Waals surface area contributed by atoms with Crippen LogP contribution >= 0.6 is 0 Å². The average molecular weight is 313 g/mol. The van der Waals surface area contributed by atoms with Crippen molar-refractivity contribution in [2.45, 2.75) is 20.3 Å². The summed E-state index contributed by atoms with van der Waals surface area (Å²) in [6.07, 6.45) is 0.309. The molecule has 1 aromatic carbocycles. The van der Waals surface area contributed by atoms with Crippen LogP contribution in [0, 0.1) is 25.2 Å². The summed E-state index contributed by atoms with van der Waals surface area (Å²) < 4.78 is 9.83. The number of ether oxygens (including phenoxy) is 1. The molecule has 0 aliphatic carbocycles. The van der Waals surface area contributed by atoms with E-state index in [1.54, 1.807) is 38.1 Å². The third-order valence-electron chi connectivity index (χ3n) is 3.09. The minimum Gasteiger partial charge on any atom is -0.452 e. The van der Waals surface area contributed by atoms with Gasteiger partial charge < -0.3 is 14.6 Å². The molecule has 0 unspecified atom stereocenters. The van der Waals surface area contributed by atoms with Crippen LogP contribution < -0.4 is 5.32 Å². The number of rotatable bonds is 5. The highest BCUT2D eigenvalue weighted by atomic mass is 16.5. The largest absolute Gasteiger partial charge is 0.452 e. The van der Waals surface area contributed by atoms with Gasteiger partial charge in [0.25, 0.3) is 5.91 Å². The van der Waals surface area contributed by atoms with E-state index >= 15 is 0 Å². The third-order valence-corrected chi connectivity index (χ3v) is 3.09. The number of nitrogens with one attached hydrogen (secondary N) is 1. The van der Waals surface area contributed by atoms with Gasteiger partial charge in [0.05, 0.1) is 18.2 Å². The SMILES string of the molecule is Cc1noc(C)c1C(=O)OCC(=O)Nc1ccc(CC#N)cc1. The number of esters is 1. The lowest BCUT2D eigenvalue weighted by atomic mass is 10.1. The first-order valence-corrected chi connectivity index (χ1v) is 6.87. The number of carbonyl (C=O) groups is 2. The van der Waals surface area contributed by atoms with Crippen LogP contribution in [-0.2, 0) is 16.0 Å². The number of benzene rings is 1. The van der Waals surface area contributed by atoms with Crippen LogP contribution in [0.4, 0.5) is 5.69 Å². The van der Waals surface area contributed by atoms with E-state index in [9.17, 15) is 9.59 Å². The standard InChI is InChI=1S/C16H15N3O4/c1-10-15(11(2)23-19-10)16(21)22-9-14(20)18-13-5-3-12(4-6-13)7-8-17/h3-6H,7,9H2,1-2H3,(H,18,20). The van der Waals surface area contributed by atoms with Crippen molar-refractivity contribution >= 4 is 17.6 Å². The minimum absolute atomic E-state index is 0.235. The molecule has 118 valence electrons. The zero-order valence-electron chi connectivity index (χ0n) is 12.8. The summed E-state index contributed by atoms with van der Waals surface area (Å²) in [5.74, 6) is -0.764. The Morgan fingerprint density at radius 3 is 2.57 bits per heavy atom. The van der Waals surface area contributed by atoms with Crippen LogP contribution in [0.3, 0.4) is 0 Å². The fourth-order valence-electron chi connectivity index (χ4n) is 1.97. The molecule has 0 aliphatic heterocycles. The van der Waals surface area contributed by atoms with Crippen molar-refractivity contribution in [3.63, 3.8) is 0 Å². The second-order valence-corrected chi connectivity index (χ2v) is 4.86. The predicted molar refractivity (Wildman–Crippen MR) is 80.6 cm³/mol. The fourth-order valence-corrected chi connectivity index (χ4v) is 1.97. The third kappa shape index (κ3) is 4.17. The van der Waals surface area contributed by atoms with Gasteiger partial charge >= 0.3 is 5.97 Å². The Balaban J connectivity index is 1.88. The topological polar surface area (TPSA) is 105 Å². The number of nitrogens with zero attached hydrogens (tertiary/aromatic N) is 2. The molecule has 23 heavy (non-hydrogen) atoms. The lowest BCUT2D eigenvalue weighted by Gasteiger charge is -2.07. The van der Waals surface area contributed by atoms with E-state index in [0.717, 1.165) is 5.56 Å². The Bertz CT molecular complexity index is 737. The molecule has 2 rings (SSSR count). The summed E-state index contributed by atoms with van der Waals surface area (Å²) in [7, 11) is 0. The van der Waals surface area contributed by atoms with Crippen LogP contribution in [0.5, 0.6) is 0 Å². The molecule has 1 amide bonds. The van der Waals surface area contributed by atoms with E-state index in [2.05, 4.69) is 10.5 Å². The Hall–Kier alpha value is -3.14. The summed E-state index contributed by atoms with van der Waals surface area (Å²) in [6.45, 7) is 2.80. The van der Waals surface area contributed by atoms with Crippen molar-refractivity contribution in [2.75, 3.05) is 11.9 Å². The van der Waals surface area contributed by atoms with Crippen molar-refractivity contribution in [1.82, 2.24) is 5.16 Å². The molecule has 0 aliphatic rings. The highest BCUT2D eigenvalue weighted by Crippen LogP contribution is 2.14. The molecule has 0 fully saturated rings. The highest BCUT2D eigenvalue weighted by Gasteiger charge is 2.19. The van der Waals surface area contributed by atoms with Crippen molar-refractivity contribution in [3.8, 4) is 6.07 Å². The normalized spacial score (nSPS) is 9.96. The Kier molecular flexibility index (Phi) is 5.10. The Morgan fingerprint density at radius 1 is 1.30 bits per heavy atom. The predicted octanol–water partition coefficient (Wildman–Crippen LogP) is 2.15. The second-order valence-electron chi connectivity index (χ2n) is 4.86. The van der Waals surface area contributed by atoms with Gasteiger partial charge in [0, 0.05) is 5.69 Å². The number of hydrogen-bond donors (Lipinski definition) is 1. The summed E-state index contributed by atoms with van der Waals surface area (Å²) in [6, 6.07) is 8.89. The smallest absolute Gasteiger partial charge is 0.344 e. The van der Waals surface area contributed by atoms with Crippen LogP contribution in [0.1, 0.15) is 27.4 Å². The van der Waals surface area contributed by atoms with Crippen molar-refractivity contribution in [1.29, 1.82) is 5.26 Å². The number of aryl methyl sites for hydroxylation is 2. The van der Waals surface area contributed by atoms with Gasteiger partial charge in [-0.2, -0.15) is 5.26 Å². The number of aromatic nitrogens is 1. The van der Waals surface area contributed by atoms with Crippen LogP contribution in [0.2, 0.25) is 0 Å². The minimum atomic E-state index is -0.652. The monoisotopic (exact) mass is 313 g/mol. The van der Waals surface area contributed by atoms with Crippen LogP contribution in [0.15, 0.2) is 28.8 Å². The molecule has 1 aromatic heterocycles. The molecule has 1 heterocycles. The van der Waals surface area contributed by atoms with E-state index in [1.807, 2.05) is 6.07 Å². The lowest BCUT2D eigenvalue weighted by Crippen LogP contribution is -2.21. The molecule has 2 aromatic rings. The van der Waals surface area contributed by atoms with Gasteiger partial charge in [-0.05, 0) is 31.5 Å². The first-order chi connectivity index (χ1) is 11.0. The average Bonchev–Trinajstić information content (AvgIpc) is 2.86. The Labute approximate surface area is 132 Å². The molecule has 0 bridgehead atoms. The zero-order chi connectivity index (χ0) is 16.8. The van der Waals surface area contributed by atoms with Crippen molar-refractivity contribution < 1.29 is 18.8 Å². The van der Waals surface area contributed by atoms with Gasteiger partial charge in [-0.15, -0.1) is 0 Å². The van der Waals surface area contributed by atoms with E-state index in [0.29, 0.717) is 23.6 Å². The quantitative estimate of drug-likeness (QED) is 0.848. The molecule has 0 radical (unpaired) electrons. The number of amides is 1. The summed E-state index contributed by atoms with van der Waals surface area (Å²) in [5, 5.41) is 14.9. The number of anilines is 1. The van der Waals surface area contributed by atoms with Crippen molar-refractivity contribution in [2.24, 2.45) is 0 Å². The molecule has 1 N–H and O–H groups in total. The summed E-state index contributed by atoms with van der Waals surface area (Å²) >= 11 is 0. The summed E-state index contributed by atoms with van der Waals surface area (Å²) in [4.78, 5) is 23.7. The number of nitriles is 1. The molecular weight excluding hydrogens is 298 g/mol. The summed E-state index contributed by atoms with van der Waals surface area (Å²) in [5.41, 5.74) is 2.07. The lowest BCUT2D eigenvalue weighted by molar-refractivity contribution is -0.119. The zero-order valence-corrected chi connectivity index (χ0v) is 12.8.